The fourth-order valence-corrected chi connectivity index (χ4v) is 3.77. The average Bonchev–Trinajstić information content (AvgIpc) is 2.59. The Bertz CT molecular complexity index is 839. The van der Waals surface area contributed by atoms with E-state index in [9.17, 15) is 27.9 Å². The van der Waals surface area contributed by atoms with Gasteiger partial charge in [-0.3, -0.25) is 9.59 Å². The summed E-state index contributed by atoms with van der Waals surface area (Å²) in [5.41, 5.74) is 0.682. The van der Waals surface area contributed by atoms with Crippen LogP contribution in [0.3, 0.4) is 0 Å². The van der Waals surface area contributed by atoms with Crippen molar-refractivity contribution in [3.63, 3.8) is 0 Å². The second-order valence-electron chi connectivity index (χ2n) is 6.41. The molecule has 3 unspecified atom stereocenters. The number of allylic oxidation sites excluding steroid dienone is 2. The van der Waals surface area contributed by atoms with E-state index in [0.717, 1.165) is 0 Å². The van der Waals surface area contributed by atoms with Gasteiger partial charge in [-0.05, 0) is 30.5 Å². The van der Waals surface area contributed by atoms with E-state index >= 15 is 0 Å². The fourth-order valence-electron chi connectivity index (χ4n) is 3.77. The molecule has 136 valence electrons. The molecule has 1 aromatic carbocycles. The van der Waals surface area contributed by atoms with E-state index < -0.39 is 30.0 Å². The van der Waals surface area contributed by atoms with Gasteiger partial charge in [-0.25, -0.2) is 0 Å². The lowest BCUT2D eigenvalue weighted by Crippen LogP contribution is -2.56. The standard InChI is InChI=1S/C18H15F3N2O3/c19-18(20,21)16-15(17(25)26)13(10-4-1-3-9(7-10)8-22)14-11(23-16)5-2-6-12(14)24/h1,3-4,7,13,15-16,23H,2,5-6H2,(H,25,26). The third-order valence-electron chi connectivity index (χ3n) is 4.83. The van der Waals surface area contributed by atoms with Crippen LogP contribution in [-0.2, 0) is 9.59 Å². The molecule has 5 nitrogen and oxygen atoms in total. The van der Waals surface area contributed by atoms with Gasteiger partial charge >= 0.3 is 12.1 Å². The summed E-state index contributed by atoms with van der Waals surface area (Å²) in [5.74, 6) is -5.14. The summed E-state index contributed by atoms with van der Waals surface area (Å²) in [6.45, 7) is 0. The van der Waals surface area contributed by atoms with Crippen LogP contribution in [0.2, 0.25) is 0 Å². The molecule has 0 bridgehead atoms. The van der Waals surface area contributed by atoms with Crippen molar-refractivity contribution in [3.05, 3.63) is 46.7 Å². The van der Waals surface area contributed by atoms with Gasteiger partial charge in [0, 0.05) is 23.6 Å². The number of carboxylic acid groups (broad SMARTS) is 1. The van der Waals surface area contributed by atoms with Crippen LogP contribution >= 0.6 is 0 Å². The van der Waals surface area contributed by atoms with Gasteiger partial charge in [0.05, 0.1) is 17.6 Å². The molecule has 2 N–H and O–H groups in total. The Kier molecular flexibility index (Phi) is 4.48. The number of hydrogen-bond donors (Lipinski definition) is 2. The first-order valence-corrected chi connectivity index (χ1v) is 8.06. The van der Waals surface area contributed by atoms with Gasteiger partial charge in [0.15, 0.2) is 5.78 Å². The number of nitrogens with one attached hydrogen (secondary N) is 1. The molecule has 0 radical (unpaired) electrons. The SMILES string of the molecule is N#Cc1cccc(C2C3=C(CCCC3=O)NC(C(F)(F)F)C2C(=O)O)c1. The minimum atomic E-state index is -4.80. The molecule has 3 atom stereocenters. The second kappa shape index (κ2) is 6.48. The first kappa shape index (κ1) is 18.0. The minimum Gasteiger partial charge on any atom is -0.481 e. The van der Waals surface area contributed by atoms with Crippen molar-refractivity contribution in [3.8, 4) is 6.07 Å². The zero-order valence-corrected chi connectivity index (χ0v) is 13.5. The monoisotopic (exact) mass is 364 g/mol. The molecule has 26 heavy (non-hydrogen) atoms. The molecule has 2 aliphatic rings. The van der Waals surface area contributed by atoms with Crippen molar-refractivity contribution in [1.82, 2.24) is 5.32 Å². The topological polar surface area (TPSA) is 90.2 Å². The van der Waals surface area contributed by atoms with Crippen molar-refractivity contribution in [1.29, 1.82) is 5.26 Å². The maximum atomic E-state index is 13.6. The molecule has 1 heterocycles. The zero-order chi connectivity index (χ0) is 19.1. The first-order chi connectivity index (χ1) is 12.2. The highest BCUT2D eigenvalue weighted by molar-refractivity contribution is 5.99. The molecule has 0 saturated heterocycles. The highest BCUT2D eigenvalue weighted by atomic mass is 19.4. The highest BCUT2D eigenvalue weighted by Crippen LogP contribution is 2.46. The molecule has 0 saturated carbocycles. The molecule has 0 amide bonds. The van der Waals surface area contributed by atoms with Crippen molar-refractivity contribution in [2.75, 3.05) is 0 Å². The Labute approximate surface area is 147 Å². The quantitative estimate of drug-likeness (QED) is 0.842. The van der Waals surface area contributed by atoms with Crippen LogP contribution in [0.1, 0.15) is 36.3 Å². The number of nitrogens with zero attached hydrogens (tertiary/aromatic N) is 1. The van der Waals surface area contributed by atoms with Crippen LogP contribution in [0.25, 0.3) is 0 Å². The lowest BCUT2D eigenvalue weighted by atomic mass is 9.69. The highest BCUT2D eigenvalue weighted by Gasteiger charge is 2.55. The number of carbonyl (C=O) groups is 2. The van der Waals surface area contributed by atoms with Crippen LogP contribution in [-0.4, -0.2) is 29.1 Å². The molecule has 0 spiro atoms. The lowest BCUT2D eigenvalue weighted by Gasteiger charge is -2.42. The van der Waals surface area contributed by atoms with E-state index in [2.05, 4.69) is 5.32 Å². The van der Waals surface area contributed by atoms with Crippen LogP contribution in [0.5, 0.6) is 0 Å². The third kappa shape index (κ3) is 3.05. The van der Waals surface area contributed by atoms with Crippen LogP contribution in [0.15, 0.2) is 35.5 Å². The largest absolute Gasteiger partial charge is 0.481 e. The number of ketones is 1. The maximum absolute atomic E-state index is 13.6. The molecule has 3 rings (SSSR count). The Morgan fingerprint density at radius 1 is 1.31 bits per heavy atom. The summed E-state index contributed by atoms with van der Waals surface area (Å²) in [6, 6.07) is 5.35. The summed E-state index contributed by atoms with van der Waals surface area (Å²) < 4.78 is 40.7. The Balaban J connectivity index is 2.24. The zero-order valence-electron chi connectivity index (χ0n) is 13.5. The molecule has 1 aliphatic carbocycles. The predicted octanol–water partition coefficient (Wildman–Crippen LogP) is 2.88. The van der Waals surface area contributed by atoms with Gasteiger partial charge in [-0.15, -0.1) is 0 Å². The van der Waals surface area contributed by atoms with Crippen molar-refractivity contribution < 1.29 is 27.9 Å². The summed E-state index contributed by atoms with van der Waals surface area (Å²) in [7, 11) is 0. The number of carboxylic acids is 1. The number of alkyl halides is 3. The molecular formula is C18H15F3N2O3. The van der Waals surface area contributed by atoms with E-state index in [4.69, 9.17) is 5.26 Å². The minimum absolute atomic E-state index is 0.0965. The maximum Gasteiger partial charge on any atom is 0.409 e. The molecule has 0 aromatic heterocycles. The van der Waals surface area contributed by atoms with Gasteiger partial charge in [0.2, 0.25) is 0 Å². The number of Topliss-reactive ketones (excluding diaryl/α,β-unsaturated/α-hetero) is 1. The van der Waals surface area contributed by atoms with E-state index in [1.807, 2.05) is 6.07 Å². The van der Waals surface area contributed by atoms with Gasteiger partial charge in [-0.2, -0.15) is 18.4 Å². The lowest BCUT2D eigenvalue weighted by molar-refractivity contribution is -0.181. The Hall–Kier alpha value is -2.82. The van der Waals surface area contributed by atoms with E-state index in [1.165, 1.54) is 24.3 Å². The first-order valence-electron chi connectivity index (χ1n) is 8.06. The van der Waals surface area contributed by atoms with Crippen LogP contribution in [0.4, 0.5) is 13.2 Å². The average molecular weight is 364 g/mol. The number of carbonyl (C=O) groups excluding carboxylic acids is 1. The number of aliphatic carboxylic acids is 1. The van der Waals surface area contributed by atoms with Crippen LogP contribution in [0, 0.1) is 17.2 Å². The molecule has 1 aliphatic heterocycles. The van der Waals surface area contributed by atoms with Crippen molar-refractivity contribution in [2.24, 2.45) is 5.92 Å². The molecule has 1 aromatic rings. The molecular weight excluding hydrogens is 349 g/mol. The number of rotatable bonds is 2. The Morgan fingerprint density at radius 3 is 2.65 bits per heavy atom. The van der Waals surface area contributed by atoms with Crippen molar-refractivity contribution in [2.45, 2.75) is 37.4 Å². The number of hydrogen-bond acceptors (Lipinski definition) is 4. The van der Waals surface area contributed by atoms with Gasteiger partial charge < -0.3 is 10.4 Å². The van der Waals surface area contributed by atoms with Crippen LogP contribution < -0.4 is 5.32 Å². The third-order valence-corrected chi connectivity index (χ3v) is 4.83. The fraction of sp³-hybridized carbons (Fsp3) is 0.389. The smallest absolute Gasteiger partial charge is 0.409 e. The van der Waals surface area contributed by atoms with E-state index in [-0.39, 0.29) is 41.0 Å². The predicted molar refractivity (Wildman–Crippen MR) is 83.9 cm³/mol. The molecule has 8 heteroatoms. The summed E-state index contributed by atoms with van der Waals surface area (Å²) in [6.07, 6.45) is -3.96. The summed E-state index contributed by atoms with van der Waals surface area (Å²) in [5, 5.41) is 20.9. The summed E-state index contributed by atoms with van der Waals surface area (Å²) in [4.78, 5) is 24.2. The normalized spacial score (nSPS) is 25.9. The Morgan fingerprint density at radius 2 is 2.04 bits per heavy atom. The van der Waals surface area contributed by atoms with E-state index in [0.29, 0.717) is 6.42 Å². The summed E-state index contributed by atoms with van der Waals surface area (Å²) >= 11 is 0. The van der Waals surface area contributed by atoms with Gasteiger partial charge in [-0.1, -0.05) is 12.1 Å². The number of benzene rings is 1. The van der Waals surface area contributed by atoms with Gasteiger partial charge in [0.25, 0.3) is 0 Å². The van der Waals surface area contributed by atoms with Gasteiger partial charge in [0.1, 0.15) is 6.04 Å². The van der Waals surface area contributed by atoms with Crippen molar-refractivity contribution >= 4 is 11.8 Å². The second-order valence-corrected chi connectivity index (χ2v) is 6.41. The van der Waals surface area contributed by atoms with E-state index in [1.54, 1.807) is 0 Å². The molecule has 0 fully saturated rings. The number of nitriles is 1. The number of halogens is 3.